The van der Waals surface area contributed by atoms with Gasteiger partial charge in [0, 0.05) is 23.5 Å². The highest BCUT2D eigenvalue weighted by molar-refractivity contribution is 6.31. The Labute approximate surface area is 119 Å². The Morgan fingerprint density at radius 2 is 2.16 bits per heavy atom. The van der Waals surface area contributed by atoms with Gasteiger partial charge in [-0.3, -0.25) is 0 Å². The van der Waals surface area contributed by atoms with Crippen molar-refractivity contribution < 1.29 is 0 Å². The van der Waals surface area contributed by atoms with Gasteiger partial charge in [-0.1, -0.05) is 18.5 Å². The molecule has 1 N–H and O–H groups in total. The zero-order valence-electron chi connectivity index (χ0n) is 11.7. The van der Waals surface area contributed by atoms with Crippen LogP contribution >= 0.6 is 11.6 Å². The normalized spacial score (nSPS) is 23.6. The molecule has 3 nitrogen and oxygen atoms in total. The first kappa shape index (κ1) is 12.9. The first-order chi connectivity index (χ1) is 9.08. The van der Waals surface area contributed by atoms with Gasteiger partial charge in [0.15, 0.2) is 0 Å². The van der Waals surface area contributed by atoms with Gasteiger partial charge in [-0.15, -0.1) is 0 Å². The molecule has 1 aromatic heterocycles. The molecule has 1 aliphatic rings. The molecule has 2 heterocycles. The maximum absolute atomic E-state index is 6.14. The van der Waals surface area contributed by atoms with Crippen LogP contribution in [-0.4, -0.2) is 22.6 Å². The van der Waals surface area contributed by atoms with E-state index in [9.17, 15) is 0 Å². The highest BCUT2D eigenvalue weighted by atomic mass is 35.5. The van der Waals surface area contributed by atoms with Crippen molar-refractivity contribution in [1.29, 1.82) is 0 Å². The molecule has 0 radical (unpaired) electrons. The van der Waals surface area contributed by atoms with Crippen LogP contribution in [0.2, 0.25) is 5.02 Å². The van der Waals surface area contributed by atoms with Crippen LogP contribution in [0.3, 0.4) is 0 Å². The van der Waals surface area contributed by atoms with Gasteiger partial charge in [-0.25, -0.2) is 4.98 Å². The average Bonchev–Trinajstić information content (AvgIpc) is 2.91. The monoisotopic (exact) mass is 277 g/mol. The summed E-state index contributed by atoms with van der Waals surface area (Å²) in [7, 11) is 0. The van der Waals surface area contributed by atoms with E-state index in [1.165, 1.54) is 5.82 Å². The van der Waals surface area contributed by atoms with Crippen molar-refractivity contribution in [3.8, 4) is 0 Å². The number of halogens is 1. The summed E-state index contributed by atoms with van der Waals surface area (Å²) >= 11 is 6.14. The Morgan fingerprint density at radius 3 is 2.79 bits per heavy atom. The van der Waals surface area contributed by atoms with E-state index >= 15 is 0 Å². The molecule has 0 bridgehead atoms. The molecule has 2 aromatic rings. The van der Waals surface area contributed by atoms with Crippen LogP contribution in [0.4, 0.5) is 0 Å². The molecule has 4 heteroatoms. The summed E-state index contributed by atoms with van der Waals surface area (Å²) in [6, 6.07) is 6.36. The van der Waals surface area contributed by atoms with Gasteiger partial charge in [0.25, 0.3) is 0 Å². The Kier molecular flexibility index (Phi) is 3.27. The summed E-state index contributed by atoms with van der Waals surface area (Å²) in [4.78, 5) is 4.87. The van der Waals surface area contributed by atoms with Crippen molar-refractivity contribution in [3.05, 3.63) is 29.0 Å². The lowest BCUT2D eigenvalue weighted by Crippen LogP contribution is -2.16. The standard InChI is InChI=1S/C15H20ClN3/c1-9(2)19-14-6-11(16)4-5-13(14)18-15(19)12-8-17-7-10(12)3/h4-6,9-10,12,17H,7-8H2,1-3H3/t10-,12-/m1/s1. The van der Waals surface area contributed by atoms with Crippen LogP contribution in [0.15, 0.2) is 18.2 Å². The molecular weight excluding hydrogens is 258 g/mol. The number of aromatic nitrogens is 2. The number of fused-ring (bicyclic) bond motifs is 1. The van der Waals surface area contributed by atoms with Crippen LogP contribution in [0.1, 0.15) is 38.6 Å². The fourth-order valence-electron chi connectivity index (χ4n) is 3.04. The van der Waals surface area contributed by atoms with E-state index in [1.54, 1.807) is 0 Å². The fraction of sp³-hybridized carbons (Fsp3) is 0.533. The minimum Gasteiger partial charge on any atom is -0.325 e. The predicted octanol–water partition coefficient (Wildman–Crippen LogP) is 3.59. The highest BCUT2D eigenvalue weighted by Crippen LogP contribution is 2.33. The minimum atomic E-state index is 0.395. The van der Waals surface area contributed by atoms with Gasteiger partial charge in [-0.2, -0.15) is 0 Å². The van der Waals surface area contributed by atoms with Gasteiger partial charge in [0.2, 0.25) is 0 Å². The number of benzene rings is 1. The third kappa shape index (κ3) is 2.15. The predicted molar refractivity (Wildman–Crippen MR) is 79.9 cm³/mol. The first-order valence-electron chi connectivity index (χ1n) is 6.96. The quantitative estimate of drug-likeness (QED) is 0.909. The first-order valence-corrected chi connectivity index (χ1v) is 7.34. The van der Waals surface area contributed by atoms with E-state index in [-0.39, 0.29) is 0 Å². The number of nitrogens with zero attached hydrogens (tertiary/aromatic N) is 2. The van der Waals surface area contributed by atoms with E-state index in [0.29, 0.717) is 17.9 Å². The lowest BCUT2D eigenvalue weighted by Gasteiger charge is -2.19. The highest BCUT2D eigenvalue weighted by Gasteiger charge is 2.30. The topological polar surface area (TPSA) is 29.9 Å². The van der Waals surface area contributed by atoms with E-state index in [1.807, 2.05) is 18.2 Å². The number of hydrogen-bond acceptors (Lipinski definition) is 2. The molecule has 102 valence electrons. The van der Waals surface area contributed by atoms with Gasteiger partial charge in [0.1, 0.15) is 5.82 Å². The minimum absolute atomic E-state index is 0.395. The van der Waals surface area contributed by atoms with Crippen molar-refractivity contribution in [1.82, 2.24) is 14.9 Å². The molecule has 1 saturated heterocycles. The SMILES string of the molecule is CC(C)n1c([C@@H]2CNC[C@H]2C)nc2ccc(Cl)cc21. The summed E-state index contributed by atoms with van der Waals surface area (Å²) in [5.74, 6) is 2.32. The molecule has 0 unspecified atom stereocenters. The molecule has 1 aromatic carbocycles. The average molecular weight is 278 g/mol. The lowest BCUT2D eigenvalue weighted by molar-refractivity contribution is 0.492. The second-order valence-corrected chi connectivity index (χ2v) is 6.25. The van der Waals surface area contributed by atoms with Crippen LogP contribution in [0.5, 0.6) is 0 Å². The zero-order valence-corrected chi connectivity index (χ0v) is 12.4. The maximum atomic E-state index is 6.14. The summed E-state index contributed by atoms with van der Waals surface area (Å²) < 4.78 is 2.34. The maximum Gasteiger partial charge on any atom is 0.114 e. The molecule has 1 fully saturated rings. The van der Waals surface area contributed by atoms with Crippen LogP contribution in [0, 0.1) is 5.92 Å². The van der Waals surface area contributed by atoms with E-state index < -0.39 is 0 Å². The van der Waals surface area contributed by atoms with Crippen molar-refractivity contribution in [2.45, 2.75) is 32.7 Å². The van der Waals surface area contributed by atoms with E-state index in [2.05, 4.69) is 30.7 Å². The summed E-state index contributed by atoms with van der Waals surface area (Å²) in [5, 5.41) is 4.24. The second-order valence-electron chi connectivity index (χ2n) is 5.81. The van der Waals surface area contributed by atoms with E-state index in [4.69, 9.17) is 16.6 Å². The van der Waals surface area contributed by atoms with Crippen LogP contribution < -0.4 is 5.32 Å². The van der Waals surface area contributed by atoms with Crippen molar-refractivity contribution in [2.24, 2.45) is 5.92 Å². The van der Waals surface area contributed by atoms with Crippen LogP contribution in [0.25, 0.3) is 11.0 Å². The Morgan fingerprint density at radius 1 is 1.37 bits per heavy atom. The Bertz CT molecular complexity index is 603. The molecule has 3 rings (SSSR count). The van der Waals surface area contributed by atoms with Gasteiger partial charge >= 0.3 is 0 Å². The molecule has 0 spiro atoms. The van der Waals surface area contributed by atoms with Crippen LogP contribution in [-0.2, 0) is 0 Å². The summed E-state index contributed by atoms with van der Waals surface area (Å²) in [5.41, 5.74) is 2.20. The third-order valence-corrected chi connectivity index (χ3v) is 4.28. The van der Waals surface area contributed by atoms with Gasteiger partial charge < -0.3 is 9.88 Å². The largest absolute Gasteiger partial charge is 0.325 e. The lowest BCUT2D eigenvalue weighted by atomic mass is 9.97. The number of imidazole rings is 1. The molecule has 2 atom stereocenters. The molecular formula is C15H20ClN3. The molecule has 0 amide bonds. The molecule has 1 aliphatic heterocycles. The van der Waals surface area contributed by atoms with Crippen molar-refractivity contribution in [3.63, 3.8) is 0 Å². The molecule has 19 heavy (non-hydrogen) atoms. The zero-order chi connectivity index (χ0) is 13.6. The third-order valence-electron chi connectivity index (χ3n) is 4.04. The Hall–Kier alpha value is -1.06. The number of nitrogens with one attached hydrogen (secondary N) is 1. The van der Waals surface area contributed by atoms with Crippen molar-refractivity contribution >= 4 is 22.6 Å². The van der Waals surface area contributed by atoms with Gasteiger partial charge in [0.05, 0.1) is 11.0 Å². The number of hydrogen-bond donors (Lipinski definition) is 1. The smallest absolute Gasteiger partial charge is 0.114 e. The fourth-order valence-corrected chi connectivity index (χ4v) is 3.21. The number of rotatable bonds is 2. The van der Waals surface area contributed by atoms with E-state index in [0.717, 1.165) is 29.1 Å². The second kappa shape index (κ2) is 4.80. The summed E-state index contributed by atoms with van der Waals surface area (Å²) in [6.45, 7) is 8.80. The van der Waals surface area contributed by atoms with Gasteiger partial charge in [-0.05, 0) is 44.5 Å². The Balaban J connectivity index is 2.20. The van der Waals surface area contributed by atoms with Crippen molar-refractivity contribution in [2.75, 3.05) is 13.1 Å². The summed E-state index contributed by atoms with van der Waals surface area (Å²) in [6.07, 6.45) is 0. The molecule has 0 aliphatic carbocycles. The molecule has 0 saturated carbocycles.